The molecule has 5 aromatic carbocycles. The Bertz CT molecular complexity index is 2000. The molecule has 1 fully saturated rings. The van der Waals surface area contributed by atoms with Crippen LogP contribution < -0.4 is 4.74 Å². The fraction of sp³-hybridized carbons (Fsp3) is 0.116. The van der Waals surface area contributed by atoms with E-state index in [2.05, 4.69) is 10.1 Å². The molecule has 8 heteroatoms. The van der Waals surface area contributed by atoms with E-state index in [4.69, 9.17) is 9.57 Å². The van der Waals surface area contributed by atoms with Crippen molar-refractivity contribution >= 4 is 29.1 Å². The minimum Gasteiger partial charge on any atom is -0.490 e. The van der Waals surface area contributed by atoms with Crippen LogP contribution >= 0.6 is 11.8 Å². The monoisotopic (exact) mass is 689 g/mol. The molecule has 0 spiro atoms. The van der Waals surface area contributed by atoms with Crippen LogP contribution in [-0.4, -0.2) is 45.7 Å². The number of amides is 2. The number of nitrogens with zero attached hydrogens (tertiary/aromatic N) is 3. The summed E-state index contributed by atoms with van der Waals surface area (Å²) < 4.78 is 5.86. The van der Waals surface area contributed by atoms with Crippen molar-refractivity contribution in [2.45, 2.75) is 17.2 Å². The zero-order valence-electron chi connectivity index (χ0n) is 27.7. The molecule has 7 nitrogen and oxygen atoms in total. The van der Waals surface area contributed by atoms with Gasteiger partial charge in [0.05, 0.1) is 11.5 Å². The summed E-state index contributed by atoms with van der Waals surface area (Å²) in [6.45, 7) is 0.571. The highest BCUT2D eigenvalue weighted by atomic mass is 32.2. The highest BCUT2D eigenvalue weighted by Crippen LogP contribution is 2.47. The number of ether oxygens (including phenoxy) is 1. The highest BCUT2D eigenvalue weighted by Gasteiger charge is 2.53. The van der Waals surface area contributed by atoms with Crippen LogP contribution in [0.2, 0.25) is 0 Å². The number of rotatable bonds is 13. The van der Waals surface area contributed by atoms with Crippen molar-refractivity contribution in [3.05, 3.63) is 192 Å². The fourth-order valence-electron chi connectivity index (χ4n) is 6.42. The number of carbonyl (C=O) groups excluding carboxylic acids is 2. The molecule has 1 atom stereocenters. The Morgan fingerprint density at radius 3 is 1.84 bits per heavy atom. The first-order valence-corrected chi connectivity index (χ1v) is 17.6. The minimum absolute atomic E-state index is 0.220. The Labute approximate surface area is 301 Å². The molecular weight excluding hydrogens is 655 g/mol. The van der Waals surface area contributed by atoms with Gasteiger partial charge in [-0.15, -0.1) is 0 Å². The van der Waals surface area contributed by atoms with Crippen LogP contribution in [-0.2, 0) is 21.6 Å². The van der Waals surface area contributed by atoms with Crippen molar-refractivity contribution in [1.82, 2.24) is 9.88 Å². The smallest absolute Gasteiger partial charge is 0.290 e. The topological polar surface area (TPSA) is 81.1 Å². The number of hydrogen-bond acceptors (Lipinski definition) is 7. The van der Waals surface area contributed by atoms with Crippen molar-refractivity contribution in [3.8, 4) is 16.9 Å². The van der Waals surface area contributed by atoms with Gasteiger partial charge in [-0.25, -0.2) is 0 Å². The largest absolute Gasteiger partial charge is 0.490 e. The average Bonchev–Trinajstić information content (AvgIpc) is 3.47. The van der Waals surface area contributed by atoms with Crippen LogP contribution in [0.25, 0.3) is 11.1 Å². The van der Waals surface area contributed by atoms with Gasteiger partial charge in [0.2, 0.25) is 5.91 Å². The summed E-state index contributed by atoms with van der Waals surface area (Å²) in [6, 6.07) is 49.0. The molecule has 252 valence electrons. The molecule has 2 heterocycles. The van der Waals surface area contributed by atoms with Crippen LogP contribution in [0.1, 0.15) is 27.8 Å². The lowest BCUT2D eigenvalue weighted by molar-refractivity contribution is -0.129. The molecule has 1 unspecified atom stereocenters. The summed E-state index contributed by atoms with van der Waals surface area (Å²) in [7, 11) is 0. The number of oxime groups is 1. The second kappa shape index (κ2) is 15.7. The van der Waals surface area contributed by atoms with E-state index in [-0.39, 0.29) is 17.8 Å². The Hall–Kier alpha value is -5.99. The van der Waals surface area contributed by atoms with E-state index in [9.17, 15) is 9.59 Å². The molecule has 2 amide bonds. The van der Waals surface area contributed by atoms with Gasteiger partial charge in [-0.2, -0.15) is 0 Å². The lowest BCUT2D eigenvalue weighted by Crippen LogP contribution is -2.51. The molecule has 0 N–H and O–H groups in total. The highest BCUT2D eigenvalue weighted by molar-refractivity contribution is 8.15. The molecule has 7 rings (SSSR count). The maximum absolute atomic E-state index is 14.4. The van der Waals surface area contributed by atoms with Gasteiger partial charge in [0, 0.05) is 23.5 Å². The average molecular weight is 690 g/mol. The summed E-state index contributed by atoms with van der Waals surface area (Å²) in [5, 5.41) is 3.21. The van der Waals surface area contributed by atoms with Gasteiger partial charge >= 0.3 is 0 Å². The van der Waals surface area contributed by atoms with E-state index in [1.54, 1.807) is 12.4 Å². The molecule has 1 aliphatic heterocycles. The number of hydrogen-bond donors (Lipinski definition) is 0. The van der Waals surface area contributed by atoms with Gasteiger partial charge in [0.25, 0.3) is 5.24 Å². The fourth-order valence-corrected chi connectivity index (χ4v) is 7.47. The molecular formula is C43H35N3O4S. The van der Waals surface area contributed by atoms with Crippen molar-refractivity contribution in [2.75, 3.05) is 13.2 Å². The van der Waals surface area contributed by atoms with Gasteiger partial charge in [0.15, 0.2) is 6.61 Å². The molecule has 6 aromatic rings. The van der Waals surface area contributed by atoms with Gasteiger partial charge in [-0.1, -0.05) is 150 Å². The number of imide groups is 1. The predicted molar refractivity (Wildman–Crippen MR) is 202 cm³/mol. The van der Waals surface area contributed by atoms with Crippen molar-refractivity contribution in [1.29, 1.82) is 0 Å². The minimum atomic E-state index is -1.13. The molecule has 1 aliphatic rings. The van der Waals surface area contributed by atoms with Crippen molar-refractivity contribution in [2.24, 2.45) is 5.16 Å². The summed E-state index contributed by atoms with van der Waals surface area (Å²) in [5.74, 6) is 0.451. The van der Waals surface area contributed by atoms with Gasteiger partial charge < -0.3 is 9.57 Å². The third-order valence-electron chi connectivity index (χ3n) is 8.76. The van der Waals surface area contributed by atoms with Crippen molar-refractivity contribution in [3.63, 3.8) is 0 Å². The Morgan fingerprint density at radius 1 is 0.686 bits per heavy atom. The standard InChI is InChI=1S/C43H35N3O4S/c47-41-40(51-42(48)46(41)43(36-15-7-2-8-16-36,37-17-9-3-10-18-37)38-19-11-4-12-20-38)28-32-21-23-39(24-22-32)49-25-26-50-45-30-33-27-35(31-44-29-33)34-13-5-1-6-14-34/h1-24,27,29-31,40H,25-26,28H2. The Morgan fingerprint density at radius 2 is 1.25 bits per heavy atom. The number of aromatic nitrogens is 1. The first-order chi connectivity index (χ1) is 25.1. The molecule has 0 radical (unpaired) electrons. The lowest BCUT2D eigenvalue weighted by atomic mass is 9.75. The van der Waals surface area contributed by atoms with E-state index in [0.717, 1.165) is 50.7 Å². The second-order valence-electron chi connectivity index (χ2n) is 12.0. The third-order valence-corrected chi connectivity index (χ3v) is 9.80. The van der Waals surface area contributed by atoms with Gasteiger partial charge in [-0.05, 0) is 52.4 Å². The summed E-state index contributed by atoms with van der Waals surface area (Å²) in [6.07, 6.45) is 5.58. The zero-order chi connectivity index (χ0) is 34.9. The summed E-state index contributed by atoms with van der Waals surface area (Å²) >= 11 is 1.08. The zero-order valence-corrected chi connectivity index (χ0v) is 28.6. The summed E-state index contributed by atoms with van der Waals surface area (Å²) in [5.41, 5.74) is 5.25. The maximum Gasteiger partial charge on any atom is 0.290 e. The van der Waals surface area contributed by atoms with Crippen LogP contribution in [0.3, 0.4) is 0 Å². The second-order valence-corrected chi connectivity index (χ2v) is 13.1. The van der Waals surface area contributed by atoms with E-state index in [1.807, 2.05) is 158 Å². The molecule has 0 aliphatic carbocycles. The Kier molecular flexibility index (Phi) is 10.3. The number of thioether (sulfide) groups is 1. The van der Waals surface area contributed by atoms with Crippen LogP contribution in [0.5, 0.6) is 5.75 Å². The first kappa shape index (κ1) is 33.5. The van der Waals surface area contributed by atoms with Gasteiger partial charge in [0.1, 0.15) is 17.9 Å². The van der Waals surface area contributed by atoms with E-state index in [1.165, 1.54) is 4.90 Å². The predicted octanol–water partition coefficient (Wildman–Crippen LogP) is 8.78. The van der Waals surface area contributed by atoms with E-state index < -0.39 is 10.8 Å². The van der Waals surface area contributed by atoms with Crippen LogP contribution in [0.15, 0.2) is 169 Å². The molecule has 1 aromatic heterocycles. The lowest BCUT2D eigenvalue weighted by Gasteiger charge is -2.42. The number of pyridine rings is 1. The molecule has 0 saturated carbocycles. The first-order valence-electron chi connectivity index (χ1n) is 16.7. The third kappa shape index (κ3) is 7.32. The van der Waals surface area contributed by atoms with Crippen LogP contribution in [0, 0.1) is 0 Å². The number of benzene rings is 5. The SMILES string of the molecule is O=C1SC(Cc2ccc(OCCON=Cc3cncc(-c4ccccc4)c3)cc2)C(=O)N1C(c1ccccc1)(c1ccccc1)c1ccccc1. The summed E-state index contributed by atoms with van der Waals surface area (Å²) in [4.78, 5) is 39.5. The molecule has 1 saturated heterocycles. The normalized spacial score (nSPS) is 14.6. The van der Waals surface area contributed by atoms with E-state index >= 15 is 0 Å². The molecule has 0 bridgehead atoms. The number of carbonyl (C=O) groups is 2. The molecule has 51 heavy (non-hydrogen) atoms. The quantitative estimate of drug-likeness (QED) is 0.0522. The van der Waals surface area contributed by atoms with Gasteiger partial charge in [-0.3, -0.25) is 19.5 Å². The Balaban J connectivity index is 0.997. The van der Waals surface area contributed by atoms with E-state index in [0.29, 0.717) is 18.8 Å². The van der Waals surface area contributed by atoms with Crippen molar-refractivity contribution < 1.29 is 19.2 Å². The maximum atomic E-state index is 14.4. The van der Waals surface area contributed by atoms with Crippen LogP contribution in [0.4, 0.5) is 4.79 Å².